The van der Waals surface area contributed by atoms with Crippen LogP contribution in [0.2, 0.25) is 0 Å². The molecular formula is C18H34N4. The third-order valence-corrected chi connectivity index (χ3v) is 4.17. The van der Waals surface area contributed by atoms with E-state index in [2.05, 4.69) is 72.4 Å². The SMILES string of the molecule is CCN(CC)CCNc1cccc(NCCN(CC)CC)c1. The maximum Gasteiger partial charge on any atom is 0.0361 e. The smallest absolute Gasteiger partial charge is 0.0361 e. The van der Waals surface area contributed by atoms with E-state index in [4.69, 9.17) is 0 Å². The Labute approximate surface area is 136 Å². The fourth-order valence-electron chi connectivity index (χ4n) is 2.54. The van der Waals surface area contributed by atoms with Gasteiger partial charge in [-0.05, 0) is 44.4 Å². The van der Waals surface area contributed by atoms with E-state index in [9.17, 15) is 0 Å². The minimum absolute atomic E-state index is 0.991. The number of likely N-dealkylation sites (N-methyl/N-ethyl adjacent to an activating group) is 2. The summed E-state index contributed by atoms with van der Waals surface area (Å²) >= 11 is 0. The van der Waals surface area contributed by atoms with Crippen LogP contribution in [-0.4, -0.2) is 62.2 Å². The predicted octanol–water partition coefficient (Wildman–Crippen LogP) is 3.19. The largest absolute Gasteiger partial charge is 0.384 e. The van der Waals surface area contributed by atoms with Gasteiger partial charge in [0.25, 0.3) is 0 Å². The lowest BCUT2D eigenvalue weighted by molar-refractivity contribution is 0.316. The highest BCUT2D eigenvalue weighted by Gasteiger charge is 2.01. The molecule has 1 aromatic carbocycles. The van der Waals surface area contributed by atoms with E-state index < -0.39 is 0 Å². The summed E-state index contributed by atoms with van der Waals surface area (Å²) in [6, 6.07) is 8.58. The number of benzene rings is 1. The van der Waals surface area contributed by atoms with Crippen LogP contribution < -0.4 is 10.6 Å². The van der Waals surface area contributed by atoms with Crippen LogP contribution in [0.1, 0.15) is 27.7 Å². The lowest BCUT2D eigenvalue weighted by atomic mass is 10.2. The zero-order chi connectivity index (χ0) is 16.2. The molecule has 1 aromatic rings. The standard InChI is InChI=1S/C18H34N4/c1-5-21(6-2)14-12-19-17-10-9-11-18(16-17)20-13-15-22(7-3)8-4/h9-11,16,19-20H,5-8,12-15H2,1-4H3. The molecule has 4 heteroatoms. The summed E-state index contributed by atoms with van der Waals surface area (Å²) in [5.41, 5.74) is 2.39. The first-order valence-corrected chi connectivity index (χ1v) is 8.75. The fourth-order valence-corrected chi connectivity index (χ4v) is 2.54. The van der Waals surface area contributed by atoms with Crippen LogP contribution in [0.4, 0.5) is 11.4 Å². The van der Waals surface area contributed by atoms with Gasteiger partial charge < -0.3 is 20.4 Å². The van der Waals surface area contributed by atoms with Crippen molar-refractivity contribution in [2.75, 3.05) is 63.0 Å². The molecule has 0 fully saturated rings. The van der Waals surface area contributed by atoms with Crippen molar-refractivity contribution in [2.45, 2.75) is 27.7 Å². The van der Waals surface area contributed by atoms with Gasteiger partial charge in [-0.3, -0.25) is 0 Å². The molecule has 0 aliphatic carbocycles. The molecule has 0 bridgehead atoms. The summed E-state index contributed by atoms with van der Waals surface area (Å²) in [6.07, 6.45) is 0. The molecule has 0 amide bonds. The Kier molecular flexibility index (Phi) is 9.67. The number of rotatable bonds is 12. The first-order chi connectivity index (χ1) is 10.7. The van der Waals surface area contributed by atoms with Gasteiger partial charge >= 0.3 is 0 Å². The Hall–Kier alpha value is -1.26. The molecule has 2 N–H and O–H groups in total. The van der Waals surface area contributed by atoms with E-state index >= 15 is 0 Å². The molecular weight excluding hydrogens is 272 g/mol. The van der Waals surface area contributed by atoms with Crippen LogP contribution >= 0.6 is 0 Å². The predicted molar refractivity (Wildman–Crippen MR) is 99.0 cm³/mol. The topological polar surface area (TPSA) is 30.5 Å². The quantitative estimate of drug-likeness (QED) is 0.621. The molecule has 0 atom stereocenters. The average molecular weight is 306 g/mol. The van der Waals surface area contributed by atoms with Gasteiger partial charge in [0.05, 0.1) is 0 Å². The number of nitrogens with one attached hydrogen (secondary N) is 2. The Balaban J connectivity index is 2.35. The second-order valence-electron chi connectivity index (χ2n) is 5.49. The van der Waals surface area contributed by atoms with Gasteiger partial charge in [0, 0.05) is 37.6 Å². The maximum atomic E-state index is 3.51. The maximum absolute atomic E-state index is 3.51. The van der Waals surface area contributed by atoms with Crippen molar-refractivity contribution in [3.8, 4) is 0 Å². The monoisotopic (exact) mass is 306 g/mol. The highest BCUT2D eigenvalue weighted by Crippen LogP contribution is 2.14. The Morgan fingerprint density at radius 3 is 1.50 bits per heavy atom. The normalized spacial score (nSPS) is 11.2. The second-order valence-corrected chi connectivity index (χ2v) is 5.49. The fraction of sp³-hybridized carbons (Fsp3) is 0.667. The van der Waals surface area contributed by atoms with Gasteiger partial charge in [0.2, 0.25) is 0 Å². The average Bonchev–Trinajstić information content (AvgIpc) is 2.56. The van der Waals surface area contributed by atoms with Gasteiger partial charge in [0.15, 0.2) is 0 Å². The van der Waals surface area contributed by atoms with Crippen LogP contribution in [0, 0.1) is 0 Å². The summed E-state index contributed by atoms with van der Waals surface area (Å²) in [5.74, 6) is 0. The molecule has 0 spiro atoms. The van der Waals surface area contributed by atoms with Gasteiger partial charge in [-0.15, -0.1) is 0 Å². The lowest BCUT2D eigenvalue weighted by Crippen LogP contribution is -2.29. The van der Waals surface area contributed by atoms with Crippen LogP contribution in [-0.2, 0) is 0 Å². The number of hydrogen-bond donors (Lipinski definition) is 2. The summed E-state index contributed by atoms with van der Waals surface area (Å²) in [7, 11) is 0. The Morgan fingerprint density at radius 1 is 0.727 bits per heavy atom. The van der Waals surface area contributed by atoms with E-state index in [1.54, 1.807) is 0 Å². The molecule has 1 rings (SSSR count). The molecule has 22 heavy (non-hydrogen) atoms. The van der Waals surface area contributed by atoms with Gasteiger partial charge in [0.1, 0.15) is 0 Å². The van der Waals surface area contributed by atoms with Crippen molar-refractivity contribution < 1.29 is 0 Å². The van der Waals surface area contributed by atoms with Crippen molar-refractivity contribution in [1.29, 1.82) is 0 Å². The van der Waals surface area contributed by atoms with Gasteiger partial charge in [-0.25, -0.2) is 0 Å². The molecule has 0 heterocycles. The van der Waals surface area contributed by atoms with Crippen molar-refractivity contribution in [2.24, 2.45) is 0 Å². The van der Waals surface area contributed by atoms with Crippen LogP contribution in [0.3, 0.4) is 0 Å². The molecule has 0 unspecified atom stereocenters. The van der Waals surface area contributed by atoms with Gasteiger partial charge in [-0.2, -0.15) is 0 Å². The zero-order valence-corrected chi connectivity index (χ0v) is 14.9. The number of nitrogens with zero attached hydrogens (tertiary/aromatic N) is 2. The van der Waals surface area contributed by atoms with E-state index in [-0.39, 0.29) is 0 Å². The molecule has 0 aliphatic rings. The first-order valence-electron chi connectivity index (χ1n) is 8.75. The minimum atomic E-state index is 0.991. The third-order valence-electron chi connectivity index (χ3n) is 4.17. The van der Waals surface area contributed by atoms with E-state index in [1.807, 2.05) is 0 Å². The summed E-state index contributed by atoms with van der Waals surface area (Å²) in [4.78, 5) is 4.86. The zero-order valence-electron chi connectivity index (χ0n) is 14.9. The van der Waals surface area contributed by atoms with Crippen molar-refractivity contribution in [1.82, 2.24) is 9.80 Å². The van der Waals surface area contributed by atoms with E-state index in [1.165, 1.54) is 11.4 Å². The van der Waals surface area contributed by atoms with Crippen LogP contribution in [0.15, 0.2) is 24.3 Å². The third kappa shape index (κ3) is 7.14. The highest BCUT2D eigenvalue weighted by atomic mass is 15.1. The molecule has 0 aromatic heterocycles. The molecule has 0 aliphatic heterocycles. The molecule has 0 saturated heterocycles. The number of anilines is 2. The summed E-state index contributed by atoms with van der Waals surface area (Å²) in [6.45, 7) is 17.5. The van der Waals surface area contributed by atoms with E-state index in [0.29, 0.717) is 0 Å². The number of hydrogen-bond acceptors (Lipinski definition) is 4. The highest BCUT2D eigenvalue weighted by molar-refractivity contribution is 5.56. The Morgan fingerprint density at radius 2 is 1.14 bits per heavy atom. The summed E-state index contributed by atoms with van der Waals surface area (Å²) < 4.78 is 0. The van der Waals surface area contributed by atoms with Crippen molar-refractivity contribution >= 4 is 11.4 Å². The molecule has 4 nitrogen and oxygen atoms in total. The molecule has 0 radical (unpaired) electrons. The molecule has 0 saturated carbocycles. The van der Waals surface area contributed by atoms with Gasteiger partial charge in [-0.1, -0.05) is 33.8 Å². The first kappa shape index (κ1) is 18.8. The van der Waals surface area contributed by atoms with Crippen molar-refractivity contribution in [3.05, 3.63) is 24.3 Å². The lowest BCUT2D eigenvalue weighted by Gasteiger charge is -2.19. The van der Waals surface area contributed by atoms with Crippen LogP contribution in [0.25, 0.3) is 0 Å². The van der Waals surface area contributed by atoms with Crippen LogP contribution in [0.5, 0.6) is 0 Å². The van der Waals surface area contributed by atoms with E-state index in [0.717, 1.165) is 52.4 Å². The van der Waals surface area contributed by atoms with Crippen molar-refractivity contribution in [3.63, 3.8) is 0 Å². The molecule has 126 valence electrons. The summed E-state index contributed by atoms with van der Waals surface area (Å²) in [5, 5.41) is 7.03. The Bertz CT molecular complexity index is 353. The minimum Gasteiger partial charge on any atom is -0.384 e. The second kappa shape index (κ2) is 11.3.